The van der Waals surface area contributed by atoms with Gasteiger partial charge in [-0.1, -0.05) is 25.5 Å². The van der Waals surface area contributed by atoms with Crippen LogP contribution in [0.25, 0.3) is 0 Å². The quantitative estimate of drug-likeness (QED) is 0.391. The SMILES string of the molecule is CCCCOC(=O)C1C=CCCC1C(=O)[O-]. The van der Waals surface area contributed by atoms with Crippen molar-refractivity contribution in [3.8, 4) is 0 Å². The molecule has 4 heteroatoms. The molecule has 1 rings (SSSR count). The molecule has 0 N–H and O–H groups in total. The first kappa shape index (κ1) is 12.7. The predicted octanol–water partition coefficient (Wildman–Crippen LogP) is 0.662. The molecule has 0 aromatic carbocycles. The molecule has 16 heavy (non-hydrogen) atoms. The fourth-order valence-electron chi connectivity index (χ4n) is 1.75. The molecule has 0 aliphatic heterocycles. The Morgan fingerprint density at radius 2 is 2.25 bits per heavy atom. The van der Waals surface area contributed by atoms with Crippen molar-refractivity contribution < 1.29 is 19.4 Å². The molecule has 2 unspecified atom stereocenters. The Morgan fingerprint density at radius 3 is 2.88 bits per heavy atom. The third-order valence-corrected chi connectivity index (χ3v) is 2.74. The van der Waals surface area contributed by atoms with E-state index in [1.807, 2.05) is 13.0 Å². The molecule has 1 aliphatic rings. The van der Waals surface area contributed by atoms with Crippen LogP contribution in [0, 0.1) is 11.8 Å². The van der Waals surface area contributed by atoms with Crippen molar-refractivity contribution in [2.45, 2.75) is 32.6 Å². The van der Waals surface area contributed by atoms with Crippen LogP contribution in [0.2, 0.25) is 0 Å². The molecule has 0 bridgehead atoms. The van der Waals surface area contributed by atoms with E-state index in [-0.39, 0.29) is 0 Å². The highest BCUT2D eigenvalue weighted by molar-refractivity contribution is 5.82. The van der Waals surface area contributed by atoms with E-state index in [4.69, 9.17) is 4.74 Å². The number of carbonyl (C=O) groups is 2. The van der Waals surface area contributed by atoms with E-state index < -0.39 is 23.8 Å². The highest BCUT2D eigenvalue weighted by atomic mass is 16.5. The Bertz CT molecular complexity index is 283. The summed E-state index contributed by atoms with van der Waals surface area (Å²) in [5, 5.41) is 10.8. The number of allylic oxidation sites excluding steroid dienone is 1. The van der Waals surface area contributed by atoms with Gasteiger partial charge in [0.1, 0.15) is 0 Å². The van der Waals surface area contributed by atoms with Gasteiger partial charge in [0, 0.05) is 11.9 Å². The standard InChI is InChI=1S/C12H18O4/c1-2-3-8-16-12(15)10-7-5-4-6-9(10)11(13)14/h5,7,9-10H,2-4,6,8H2,1H3,(H,13,14)/p-1. The summed E-state index contributed by atoms with van der Waals surface area (Å²) in [6.45, 7) is 2.36. The highest BCUT2D eigenvalue weighted by Gasteiger charge is 2.29. The third-order valence-electron chi connectivity index (χ3n) is 2.74. The topological polar surface area (TPSA) is 66.4 Å². The first-order valence-corrected chi connectivity index (χ1v) is 5.71. The van der Waals surface area contributed by atoms with Crippen molar-refractivity contribution in [3.05, 3.63) is 12.2 Å². The average molecular weight is 225 g/mol. The van der Waals surface area contributed by atoms with Crippen molar-refractivity contribution in [1.82, 2.24) is 0 Å². The van der Waals surface area contributed by atoms with E-state index >= 15 is 0 Å². The Kier molecular flexibility index (Phi) is 5.02. The molecule has 0 heterocycles. The number of rotatable bonds is 5. The van der Waals surface area contributed by atoms with Gasteiger partial charge in [-0.25, -0.2) is 0 Å². The van der Waals surface area contributed by atoms with Crippen LogP contribution >= 0.6 is 0 Å². The van der Waals surface area contributed by atoms with Crippen LogP contribution in [0.1, 0.15) is 32.6 Å². The molecule has 0 fully saturated rings. The largest absolute Gasteiger partial charge is 0.550 e. The molecule has 1 aliphatic carbocycles. The van der Waals surface area contributed by atoms with Crippen molar-refractivity contribution in [3.63, 3.8) is 0 Å². The van der Waals surface area contributed by atoms with Crippen LogP contribution in [0.5, 0.6) is 0 Å². The number of hydrogen-bond acceptors (Lipinski definition) is 4. The lowest BCUT2D eigenvalue weighted by Gasteiger charge is -2.26. The number of aliphatic carboxylic acids is 1. The van der Waals surface area contributed by atoms with Crippen molar-refractivity contribution >= 4 is 11.9 Å². The summed E-state index contributed by atoms with van der Waals surface area (Å²) in [6.07, 6.45) is 6.32. The third kappa shape index (κ3) is 3.36. The van der Waals surface area contributed by atoms with Crippen LogP contribution in [0.3, 0.4) is 0 Å². The number of unbranched alkanes of at least 4 members (excludes halogenated alkanes) is 1. The van der Waals surface area contributed by atoms with Crippen LogP contribution in [-0.2, 0) is 14.3 Å². The second kappa shape index (κ2) is 6.30. The van der Waals surface area contributed by atoms with E-state index in [0.717, 1.165) is 12.8 Å². The summed E-state index contributed by atoms with van der Waals surface area (Å²) in [5.74, 6) is -3.02. The van der Waals surface area contributed by atoms with Gasteiger partial charge >= 0.3 is 5.97 Å². The first-order valence-electron chi connectivity index (χ1n) is 5.71. The van der Waals surface area contributed by atoms with Crippen LogP contribution in [0.15, 0.2) is 12.2 Å². The zero-order valence-electron chi connectivity index (χ0n) is 9.48. The monoisotopic (exact) mass is 225 g/mol. The summed E-state index contributed by atoms with van der Waals surface area (Å²) in [7, 11) is 0. The van der Waals surface area contributed by atoms with Gasteiger partial charge in [0.05, 0.1) is 12.5 Å². The Morgan fingerprint density at radius 1 is 1.50 bits per heavy atom. The van der Waals surface area contributed by atoms with Gasteiger partial charge in [-0.15, -0.1) is 0 Å². The fraction of sp³-hybridized carbons (Fsp3) is 0.667. The maximum absolute atomic E-state index is 11.6. The lowest BCUT2D eigenvalue weighted by molar-refractivity contribution is -0.313. The van der Waals surface area contributed by atoms with Crippen molar-refractivity contribution in [2.75, 3.05) is 6.61 Å². The lowest BCUT2D eigenvalue weighted by Crippen LogP contribution is -2.40. The molecule has 90 valence electrons. The fourth-order valence-corrected chi connectivity index (χ4v) is 1.75. The van der Waals surface area contributed by atoms with Crippen molar-refractivity contribution in [1.29, 1.82) is 0 Å². The number of hydrogen-bond donors (Lipinski definition) is 0. The van der Waals surface area contributed by atoms with Crippen LogP contribution < -0.4 is 5.11 Å². The molecule has 0 saturated carbocycles. The minimum absolute atomic E-state index is 0.361. The second-order valence-electron chi connectivity index (χ2n) is 3.98. The lowest BCUT2D eigenvalue weighted by atomic mass is 9.84. The number of carbonyl (C=O) groups excluding carboxylic acids is 2. The maximum Gasteiger partial charge on any atom is 0.313 e. The maximum atomic E-state index is 11.6. The van der Waals surface area contributed by atoms with E-state index in [1.54, 1.807) is 6.08 Å². The molecule has 0 saturated heterocycles. The van der Waals surface area contributed by atoms with E-state index in [9.17, 15) is 14.7 Å². The van der Waals surface area contributed by atoms with Crippen LogP contribution in [-0.4, -0.2) is 18.5 Å². The summed E-state index contributed by atoms with van der Waals surface area (Å²) in [6, 6.07) is 0. The first-order chi connectivity index (χ1) is 7.66. The predicted molar refractivity (Wildman–Crippen MR) is 56.2 cm³/mol. The van der Waals surface area contributed by atoms with E-state index in [2.05, 4.69) is 0 Å². The molecular formula is C12H17O4-. The minimum atomic E-state index is -1.17. The molecule has 4 nitrogen and oxygen atoms in total. The molecule has 0 spiro atoms. The number of carboxylic acids is 1. The van der Waals surface area contributed by atoms with Gasteiger partial charge in [0.2, 0.25) is 0 Å². The Labute approximate surface area is 95.3 Å². The summed E-state index contributed by atoms with van der Waals surface area (Å²) >= 11 is 0. The summed E-state index contributed by atoms with van der Waals surface area (Å²) < 4.78 is 5.02. The van der Waals surface area contributed by atoms with Gasteiger partial charge < -0.3 is 14.6 Å². The van der Waals surface area contributed by atoms with E-state index in [1.165, 1.54) is 0 Å². The summed E-state index contributed by atoms with van der Waals surface area (Å²) in [4.78, 5) is 22.5. The molecule has 0 radical (unpaired) electrons. The van der Waals surface area contributed by atoms with Crippen molar-refractivity contribution in [2.24, 2.45) is 11.8 Å². The summed E-state index contributed by atoms with van der Waals surface area (Å²) in [5.41, 5.74) is 0. The van der Waals surface area contributed by atoms with Gasteiger partial charge in [-0.05, 0) is 19.3 Å². The van der Waals surface area contributed by atoms with Gasteiger partial charge in [-0.3, -0.25) is 4.79 Å². The molecular weight excluding hydrogens is 208 g/mol. The van der Waals surface area contributed by atoms with Crippen LogP contribution in [0.4, 0.5) is 0 Å². The van der Waals surface area contributed by atoms with Gasteiger partial charge in [-0.2, -0.15) is 0 Å². The van der Waals surface area contributed by atoms with Gasteiger partial charge in [0.25, 0.3) is 0 Å². The average Bonchev–Trinajstić information content (AvgIpc) is 2.29. The second-order valence-corrected chi connectivity index (χ2v) is 3.98. The molecule has 0 aromatic rings. The Balaban J connectivity index is 2.54. The molecule has 2 atom stereocenters. The molecule has 0 amide bonds. The molecule has 0 aromatic heterocycles. The Hall–Kier alpha value is -1.32. The smallest absolute Gasteiger partial charge is 0.313 e. The van der Waals surface area contributed by atoms with E-state index in [0.29, 0.717) is 19.4 Å². The normalized spacial score (nSPS) is 24.1. The number of carboxylic acid groups (broad SMARTS) is 1. The minimum Gasteiger partial charge on any atom is -0.550 e. The highest BCUT2D eigenvalue weighted by Crippen LogP contribution is 2.25. The van der Waals surface area contributed by atoms with Gasteiger partial charge in [0.15, 0.2) is 0 Å². The zero-order chi connectivity index (χ0) is 12.0. The number of esters is 1. The zero-order valence-corrected chi connectivity index (χ0v) is 9.48. The number of ether oxygens (including phenoxy) is 1.